The first-order valence-corrected chi connectivity index (χ1v) is 8.09. The molecule has 2 N–H and O–H groups in total. The highest BCUT2D eigenvalue weighted by Gasteiger charge is 2.32. The third-order valence-corrected chi connectivity index (χ3v) is 4.73. The van der Waals surface area contributed by atoms with E-state index in [0.29, 0.717) is 11.5 Å². The van der Waals surface area contributed by atoms with Crippen LogP contribution in [0.2, 0.25) is 0 Å². The highest BCUT2D eigenvalue weighted by molar-refractivity contribution is 9.10. The van der Waals surface area contributed by atoms with Gasteiger partial charge in [0.05, 0.1) is 12.6 Å². The molecule has 2 heterocycles. The van der Waals surface area contributed by atoms with Crippen molar-refractivity contribution in [1.82, 2.24) is 5.32 Å². The van der Waals surface area contributed by atoms with Crippen LogP contribution in [0.5, 0.6) is 11.5 Å². The Morgan fingerprint density at radius 1 is 1.48 bits per heavy atom. The summed E-state index contributed by atoms with van der Waals surface area (Å²) in [4.78, 5) is 22.2. The van der Waals surface area contributed by atoms with E-state index in [-0.39, 0.29) is 24.3 Å². The van der Waals surface area contributed by atoms with Crippen LogP contribution >= 0.6 is 27.7 Å². The zero-order valence-corrected chi connectivity index (χ0v) is 13.9. The molecule has 2 aliphatic heterocycles. The van der Waals surface area contributed by atoms with Crippen molar-refractivity contribution in [3.63, 3.8) is 0 Å². The number of ether oxygens (including phenoxy) is 2. The predicted molar refractivity (Wildman–Crippen MR) is 87.1 cm³/mol. The quantitative estimate of drug-likeness (QED) is 0.587. The van der Waals surface area contributed by atoms with Gasteiger partial charge in [0.25, 0.3) is 0 Å². The lowest BCUT2D eigenvalue weighted by Crippen LogP contribution is -2.26. The number of amidine groups is 1. The van der Waals surface area contributed by atoms with Gasteiger partial charge in [-0.2, -0.15) is 5.10 Å². The number of halogens is 1. The minimum absolute atomic E-state index is 0.179. The predicted octanol–water partition coefficient (Wildman–Crippen LogP) is 1.57. The number of nitrogens with zero attached hydrogens (tertiary/aromatic N) is 2. The maximum Gasteiger partial charge on any atom is 0.305 e. The summed E-state index contributed by atoms with van der Waals surface area (Å²) in [6.45, 7) is 0.179. The SMILES string of the molecule is O=C(O)CC1SC(=NN=Cc2cc3c(cc2Br)OCO3)NC1=O. The molecule has 10 heteroatoms. The first-order chi connectivity index (χ1) is 11.0. The van der Waals surface area contributed by atoms with Crippen LogP contribution in [0.3, 0.4) is 0 Å². The number of carbonyl (C=O) groups is 2. The summed E-state index contributed by atoms with van der Waals surface area (Å²) in [6, 6.07) is 3.52. The molecule has 1 unspecified atom stereocenters. The molecule has 2 aliphatic rings. The molecule has 0 radical (unpaired) electrons. The number of amides is 1. The van der Waals surface area contributed by atoms with Crippen molar-refractivity contribution in [3.8, 4) is 11.5 Å². The molecule has 1 aromatic rings. The van der Waals surface area contributed by atoms with Gasteiger partial charge in [0.2, 0.25) is 12.7 Å². The van der Waals surface area contributed by atoms with E-state index in [1.165, 1.54) is 6.21 Å². The number of benzene rings is 1. The summed E-state index contributed by atoms with van der Waals surface area (Å²) in [7, 11) is 0. The van der Waals surface area contributed by atoms with Gasteiger partial charge in [0, 0.05) is 10.0 Å². The summed E-state index contributed by atoms with van der Waals surface area (Å²) in [6.07, 6.45) is 1.24. The van der Waals surface area contributed by atoms with E-state index in [0.717, 1.165) is 21.8 Å². The van der Waals surface area contributed by atoms with Crippen LogP contribution in [-0.4, -0.2) is 40.4 Å². The van der Waals surface area contributed by atoms with Gasteiger partial charge in [-0.05, 0) is 28.1 Å². The minimum Gasteiger partial charge on any atom is -0.481 e. The smallest absolute Gasteiger partial charge is 0.305 e. The number of hydrogen-bond donors (Lipinski definition) is 2. The largest absolute Gasteiger partial charge is 0.481 e. The van der Waals surface area contributed by atoms with Gasteiger partial charge in [-0.3, -0.25) is 9.59 Å². The van der Waals surface area contributed by atoms with E-state index >= 15 is 0 Å². The lowest BCUT2D eigenvalue weighted by Gasteiger charge is -2.00. The number of fused-ring (bicyclic) bond motifs is 1. The molecule has 0 aromatic heterocycles. The Kier molecular flexibility index (Phi) is 4.53. The molecule has 23 heavy (non-hydrogen) atoms. The van der Waals surface area contributed by atoms with Crippen LogP contribution in [0.4, 0.5) is 0 Å². The summed E-state index contributed by atoms with van der Waals surface area (Å²) in [5.74, 6) is -0.148. The highest BCUT2D eigenvalue weighted by atomic mass is 79.9. The first kappa shape index (κ1) is 15.8. The van der Waals surface area contributed by atoms with Crippen molar-refractivity contribution >= 4 is 51.0 Å². The van der Waals surface area contributed by atoms with E-state index < -0.39 is 11.2 Å². The normalized spacial score (nSPS) is 21.2. The van der Waals surface area contributed by atoms with Crippen molar-refractivity contribution < 1.29 is 24.2 Å². The second-order valence-electron chi connectivity index (χ2n) is 4.57. The van der Waals surface area contributed by atoms with Crippen molar-refractivity contribution in [2.75, 3.05) is 6.79 Å². The average molecular weight is 400 g/mol. The Labute approximate surface area is 143 Å². The van der Waals surface area contributed by atoms with E-state index in [4.69, 9.17) is 14.6 Å². The number of rotatable bonds is 4. The molecule has 8 nitrogen and oxygen atoms in total. The Bertz CT molecular complexity index is 737. The Morgan fingerprint density at radius 3 is 2.96 bits per heavy atom. The number of carbonyl (C=O) groups excluding carboxylic acids is 1. The zero-order valence-electron chi connectivity index (χ0n) is 11.5. The Hall–Kier alpha value is -2.07. The third kappa shape index (κ3) is 3.64. The summed E-state index contributed by atoms with van der Waals surface area (Å²) in [5, 5.41) is 18.6. The summed E-state index contributed by atoms with van der Waals surface area (Å²) < 4.78 is 11.3. The van der Waals surface area contributed by atoms with E-state index in [1.54, 1.807) is 12.1 Å². The topological polar surface area (TPSA) is 110 Å². The van der Waals surface area contributed by atoms with Crippen LogP contribution in [-0.2, 0) is 9.59 Å². The van der Waals surface area contributed by atoms with Gasteiger partial charge in [0.1, 0.15) is 5.25 Å². The zero-order chi connectivity index (χ0) is 16.4. The number of hydrogen-bond acceptors (Lipinski definition) is 7. The fourth-order valence-corrected chi connectivity index (χ4v) is 3.26. The van der Waals surface area contributed by atoms with Gasteiger partial charge in [-0.1, -0.05) is 11.8 Å². The monoisotopic (exact) mass is 399 g/mol. The Morgan fingerprint density at radius 2 is 2.22 bits per heavy atom. The highest BCUT2D eigenvalue weighted by Crippen LogP contribution is 2.36. The molecule has 0 aliphatic carbocycles. The molecule has 0 bridgehead atoms. The second kappa shape index (κ2) is 6.59. The van der Waals surface area contributed by atoms with Gasteiger partial charge >= 0.3 is 5.97 Å². The lowest BCUT2D eigenvalue weighted by molar-refractivity contribution is -0.138. The van der Waals surface area contributed by atoms with Gasteiger partial charge in [-0.15, -0.1) is 5.10 Å². The van der Waals surface area contributed by atoms with Gasteiger partial charge < -0.3 is 19.9 Å². The second-order valence-corrected chi connectivity index (χ2v) is 6.62. The molecule has 120 valence electrons. The summed E-state index contributed by atoms with van der Waals surface area (Å²) in [5.41, 5.74) is 0.731. The van der Waals surface area contributed by atoms with Crippen molar-refractivity contribution in [1.29, 1.82) is 0 Å². The molecule has 1 atom stereocenters. The van der Waals surface area contributed by atoms with Crippen LogP contribution in [0.15, 0.2) is 26.8 Å². The molecular weight excluding hydrogens is 390 g/mol. The minimum atomic E-state index is -1.04. The fraction of sp³-hybridized carbons (Fsp3) is 0.231. The lowest BCUT2D eigenvalue weighted by atomic mass is 10.2. The number of aliphatic carboxylic acids is 1. The van der Waals surface area contributed by atoms with Crippen molar-refractivity contribution in [2.24, 2.45) is 10.2 Å². The first-order valence-electron chi connectivity index (χ1n) is 6.42. The molecule has 1 amide bonds. The van der Waals surface area contributed by atoms with Crippen molar-refractivity contribution in [3.05, 3.63) is 22.2 Å². The molecule has 1 aromatic carbocycles. The Balaban J connectivity index is 1.70. The van der Waals surface area contributed by atoms with Crippen LogP contribution in [0, 0.1) is 0 Å². The molecule has 1 saturated heterocycles. The molecule has 3 rings (SSSR count). The average Bonchev–Trinajstić information content (AvgIpc) is 3.05. The van der Waals surface area contributed by atoms with E-state index in [1.807, 2.05) is 0 Å². The maximum absolute atomic E-state index is 11.6. The van der Waals surface area contributed by atoms with Gasteiger partial charge in [0.15, 0.2) is 16.7 Å². The molecule has 0 spiro atoms. The van der Waals surface area contributed by atoms with Crippen LogP contribution < -0.4 is 14.8 Å². The van der Waals surface area contributed by atoms with Crippen LogP contribution in [0.1, 0.15) is 12.0 Å². The van der Waals surface area contributed by atoms with Gasteiger partial charge in [-0.25, -0.2) is 0 Å². The van der Waals surface area contributed by atoms with Crippen LogP contribution in [0.25, 0.3) is 0 Å². The standard InChI is InChI=1S/C13H10BrN3O5S/c14-7-2-9-8(21-5-22-9)1-6(7)4-15-17-13-16-12(20)10(23-13)3-11(18)19/h1-2,4,10H,3,5H2,(H,18,19)(H,16,17,20). The molecular formula is C13H10BrN3O5S. The number of nitrogens with one attached hydrogen (secondary N) is 1. The number of carboxylic acids is 1. The molecule has 0 saturated carbocycles. The fourth-order valence-electron chi connectivity index (χ4n) is 1.92. The summed E-state index contributed by atoms with van der Waals surface area (Å²) >= 11 is 4.44. The number of carboxylic acid groups (broad SMARTS) is 1. The maximum atomic E-state index is 11.6. The van der Waals surface area contributed by atoms with E-state index in [2.05, 4.69) is 31.4 Å². The number of thioether (sulfide) groups is 1. The molecule has 1 fully saturated rings. The van der Waals surface area contributed by atoms with E-state index in [9.17, 15) is 9.59 Å². The third-order valence-electron chi connectivity index (χ3n) is 2.97. The van der Waals surface area contributed by atoms with Crippen molar-refractivity contribution in [2.45, 2.75) is 11.7 Å².